The maximum absolute atomic E-state index is 13.5. The molecule has 0 fully saturated rings. The third-order valence-electron chi connectivity index (χ3n) is 2.62. The molecule has 21 heavy (non-hydrogen) atoms. The summed E-state index contributed by atoms with van der Waals surface area (Å²) in [6.45, 7) is -0.546. The van der Waals surface area contributed by atoms with Gasteiger partial charge in [0.15, 0.2) is 24.5 Å². The summed E-state index contributed by atoms with van der Waals surface area (Å²) in [4.78, 5) is 22.4. The molecule has 2 aromatic rings. The Morgan fingerprint density at radius 3 is 2.52 bits per heavy atom. The van der Waals surface area contributed by atoms with Crippen molar-refractivity contribution in [2.75, 3.05) is 11.9 Å². The summed E-state index contributed by atoms with van der Waals surface area (Å²) < 4.78 is 31.8. The maximum Gasteiger partial charge on any atom is 0.262 e. The number of nitrogens with one attached hydrogen (secondary N) is 1. The van der Waals surface area contributed by atoms with Gasteiger partial charge in [-0.3, -0.25) is 9.59 Å². The first-order valence-corrected chi connectivity index (χ1v) is 6.02. The van der Waals surface area contributed by atoms with Crippen molar-refractivity contribution in [3.63, 3.8) is 0 Å². The molecule has 0 unspecified atom stereocenters. The number of hydrogen-bond donors (Lipinski definition) is 1. The van der Waals surface area contributed by atoms with Gasteiger partial charge in [0.25, 0.3) is 5.91 Å². The Labute approximate surface area is 119 Å². The number of aldehydes is 1. The minimum Gasteiger partial charge on any atom is -0.480 e. The molecule has 0 aliphatic heterocycles. The zero-order chi connectivity index (χ0) is 15.2. The van der Waals surface area contributed by atoms with Crippen LogP contribution in [0.15, 0.2) is 42.5 Å². The van der Waals surface area contributed by atoms with Crippen molar-refractivity contribution < 1.29 is 23.1 Å². The van der Waals surface area contributed by atoms with Crippen molar-refractivity contribution in [3.05, 3.63) is 59.7 Å². The Hall–Kier alpha value is -2.76. The number of para-hydroxylation sites is 2. The minimum atomic E-state index is -0.752. The number of carbonyl (C=O) groups excluding carboxylic acids is 2. The topological polar surface area (TPSA) is 55.4 Å². The fourth-order valence-corrected chi connectivity index (χ4v) is 1.66. The Balaban J connectivity index is 2.02. The number of anilines is 1. The van der Waals surface area contributed by atoms with E-state index in [0.717, 1.165) is 6.07 Å². The van der Waals surface area contributed by atoms with Crippen molar-refractivity contribution in [3.8, 4) is 5.75 Å². The molecular formula is C15H11F2NO3. The fraction of sp³-hybridized carbons (Fsp3) is 0.0667. The van der Waals surface area contributed by atoms with E-state index in [-0.39, 0.29) is 17.0 Å². The molecule has 0 bridgehead atoms. The summed E-state index contributed by atoms with van der Waals surface area (Å²) in [6, 6.07) is 9.44. The summed E-state index contributed by atoms with van der Waals surface area (Å²) in [5.41, 5.74) is -0.0102. The van der Waals surface area contributed by atoms with Crippen LogP contribution in [0.1, 0.15) is 10.4 Å². The second kappa shape index (κ2) is 6.60. The lowest BCUT2D eigenvalue weighted by atomic mass is 10.2. The Morgan fingerprint density at radius 2 is 1.81 bits per heavy atom. The number of ether oxygens (including phenoxy) is 1. The molecule has 1 amide bonds. The SMILES string of the molecule is O=Cc1cccc(F)c1OCC(=O)Nc1ccccc1F. The van der Waals surface area contributed by atoms with Crippen molar-refractivity contribution in [2.24, 2.45) is 0 Å². The normalized spacial score (nSPS) is 10.0. The van der Waals surface area contributed by atoms with Crippen LogP contribution in [-0.2, 0) is 4.79 Å². The maximum atomic E-state index is 13.5. The Bertz CT molecular complexity index is 674. The number of benzene rings is 2. The lowest BCUT2D eigenvalue weighted by Gasteiger charge is -2.10. The van der Waals surface area contributed by atoms with E-state index in [2.05, 4.69) is 5.32 Å². The van der Waals surface area contributed by atoms with Gasteiger partial charge in [-0.1, -0.05) is 18.2 Å². The average molecular weight is 291 g/mol. The summed E-state index contributed by atoms with van der Waals surface area (Å²) in [6.07, 6.45) is 0.424. The molecular weight excluding hydrogens is 280 g/mol. The average Bonchev–Trinajstić information content (AvgIpc) is 2.48. The molecule has 108 valence electrons. The second-order valence-electron chi connectivity index (χ2n) is 4.09. The van der Waals surface area contributed by atoms with Crippen LogP contribution in [-0.4, -0.2) is 18.8 Å². The van der Waals surface area contributed by atoms with E-state index in [1.165, 1.54) is 30.3 Å². The van der Waals surface area contributed by atoms with Crippen LogP contribution in [0.3, 0.4) is 0 Å². The summed E-state index contributed by atoms with van der Waals surface area (Å²) in [7, 11) is 0. The summed E-state index contributed by atoms with van der Waals surface area (Å²) in [5.74, 6) is -2.32. The molecule has 0 aliphatic carbocycles. The Morgan fingerprint density at radius 1 is 1.10 bits per heavy atom. The highest BCUT2D eigenvalue weighted by Crippen LogP contribution is 2.21. The van der Waals surface area contributed by atoms with Crippen LogP contribution in [0.5, 0.6) is 5.75 Å². The van der Waals surface area contributed by atoms with Crippen molar-refractivity contribution in [2.45, 2.75) is 0 Å². The third kappa shape index (κ3) is 3.62. The lowest BCUT2D eigenvalue weighted by Crippen LogP contribution is -2.21. The molecule has 2 aromatic carbocycles. The van der Waals surface area contributed by atoms with Crippen LogP contribution in [0.25, 0.3) is 0 Å². The predicted octanol–water partition coefficient (Wildman–Crippen LogP) is 2.79. The summed E-state index contributed by atoms with van der Waals surface area (Å²) in [5, 5.41) is 2.29. The molecule has 0 atom stereocenters. The van der Waals surface area contributed by atoms with Crippen LogP contribution in [0.2, 0.25) is 0 Å². The highest BCUT2D eigenvalue weighted by molar-refractivity contribution is 5.92. The predicted molar refractivity (Wildman–Crippen MR) is 72.3 cm³/mol. The van der Waals surface area contributed by atoms with E-state index < -0.39 is 24.1 Å². The first-order valence-electron chi connectivity index (χ1n) is 6.02. The van der Waals surface area contributed by atoms with E-state index >= 15 is 0 Å². The van der Waals surface area contributed by atoms with Crippen molar-refractivity contribution in [1.29, 1.82) is 0 Å². The van der Waals surface area contributed by atoms with E-state index in [1.807, 2.05) is 0 Å². The van der Waals surface area contributed by atoms with Crippen molar-refractivity contribution >= 4 is 17.9 Å². The van der Waals surface area contributed by atoms with Crippen LogP contribution < -0.4 is 10.1 Å². The van der Waals surface area contributed by atoms with Gasteiger partial charge < -0.3 is 10.1 Å². The molecule has 2 rings (SSSR count). The number of hydrogen-bond acceptors (Lipinski definition) is 3. The number of rotatable bonds is 5. The largest absolute Gasteiger partial charge is 0.480 e. The van der Waals surface area contributed by atoms with Gasteiger partial charge in [-0.25, -0.2) is 8.78 Å². The zero-order valence-corrected chi connectivity index (χ0v) is 10.8. The third-order valence-corrected chi connectivity index (χ3v) is 2.62. The molecule has 0 saturated heterocycles. The van der Waals surface area contributed by atoms with Gasteiger partial charge in [0.1, 0.15) is 5.82 Å². The van der Waals surface area contributed by atoms with E-state index in [9.17, 15) is 18.4 Å². The van der Waals surface area contributed by atoms with Gasteiger partial charge in [0.2, 0.25) is 0 Å². The highest BCUT2D eigenvalue weighted by Gasteiger charge is 2.12. The lowest BCUT2D eigenvalue weighted by molar-refractivity contribution is -0.118. The molecule has 1 N–H and O–H groups in total. The first kappa shape index (κ1) is 14.6. The number of carbonyl (C=O) groups is 2. The smallest absolute Gasteiger partial charge is 0.262 e. The minimum absolute atomic E-state index is 0.00440. The first-order chi connectivity index (χ1) is 10.1. The fourth-order valence-electron chi connectivity index (χ4n) is 1.66. The molecule has 0 aliphatic rings. The monoisotopic (exact) mass is 291 g/mol. The summed E-state index contributed by atoms with van der Waals surface area (Å²) >= 11 is 0. The van der Waals surface area contributed by atoms with Crippen molar-refractivity contribution in [1.82, 2.24) is 0 Å². The van der Waals surface area contributed by atoms with Gasteiger partial charge in [0, 0.05) is 0 Å². The molecule has 6 heteroatoms. The quantitative estimate of drug-likeness (QED) is 0.862. The van der Waals surface area contributed by atoms with Gasteiger partial charge in [-0.2, -0.15) is 0 Å². The molecule has 0 spiro atoms. The van der Waals surface area contributed by atoms with Crippen LogP contribution in [0, 0.1) is 11.6 Å². The molecule has 0 aromatic heterocycles. The molecule has 4 nitrogen and oxygen atoms in total. The van der Waals surface area contributed by atoms with Gasteiger partial charge in [-0.05, 0) is 24.3 Å². The van der Waals surface area contributed by atoms with E-state index in [0.29, 0.717) is 6.29 Å². The van der Waals surface area contributed by atoms with E-state index in [4.69, 9.17) is 4.74 Å². The number of halogens is 2. The van der Waals surface area contributed by atoms with Gasteiger partial charge in [-0.15, -0.1) is 0 Å². The van der Waals surface area contributed by atoms with Crippen LogP contribution >= 0.6 is 0 Å². The van der Waals surface area contributed by atoms with Crippen LogP contribution in [0.4, 0.5) is 14.5 Å². The number of amides is 1. The molecule has 0 heterocycles. The standard InChI is InChI=1S/C15H11F2NO3/c16-11-5-1-2-7-13(11)18-14(20)9-21-15-10(8-19)4-3-6-12(15)17/h1-8H,9H2,(H,18,20). The molecule has 0 saturated carbocycles. The Kier molecular flexibility index (Phi) is 4.61. The van der Waals surface area contributed by atoms with Gasteiger partial charge >= 0.3 is 0 Å². The second-order valence-corrected chi connectivity index (χ2v) is 4.09. The van der Waals surface area contributed by atoms with E-state index in [1.54, 1.807) is 6.07 Å². The highest BCUT2D eigenvalue weighted by atomic mass is 19.1. The van der Waals surface area contributed by atoms with Gasteiger partial charge in [0.05, 0.1) is 11.3 Å². The molecule has 0 radical (unpaired) electrons. The zero-order valence-electron chi connectivity index (χ0n) is 10.8.